The average molecular weight is 417 g/mol. The zero-order valence-corrected chi connectivity index (χ0v) is 19.3. The van der Waals surface area contributed by atoms with Crippen molar-refractivity contribution < 1.29 is 19.1 Å². The largest absolute Gasteiger partial charge is 0.462 e. The Labute approximate surface area is 181 Å². The Morgan fingerprint density at radius 1 is 0.867 bits per heavy atom. The van der Waals surface area contributed by atoms with Crippen LogP contribution in [0.5, 0.6) is 0 Å². The molecule has 0 spiro atoms. The van der Waals surface area contributed by atoms with E-state index in [1.165, 1.54) is 32.1 Å². The van der Waals surface area contributed by atoms with Gasteiger partial charge < -0.3 is 9.47 Å². The van der Waals surface area contributed by atoms with Crippen molar-refractivity contribution in [2.24, 2.45) is 46.8 Å². The average Bonchev–Trinajstić information content (AvgIpc) is 3.30. The third-order valence-corrected chi connectivity index (χ3v) is 10.2. The molecule has 0 aromatic rings. The number of carbonyl (C=O) groups excluding carboxylic acids is 2. The van der Waals surface area contributed by atoms with Crippen molar-refractivity contribution in [3.63, 3.8) is 0 Å². The first kappa shape index (κ1) is 20.8. The Balaban J connectivity index is 1.22. The lowest BCUT2D eigenvalue weighted by Gasteiger charge is -2.60. The Hall–Kier alpha value is -1.06. The summed E-state index contributed by atoms with van der Waals surface area (Å²) in [4.78, 5) is 25.9. The van der Waals surface area contributed by atoms with Gasteiger partial charge in [0.1, 0.15) is 11.7 Å². The summed E-state index contributed by atoms with van der Waals surface area (Å²) in [5, 5.41) is 0. The molecule has 4 nitrogen and oxygen atoms in total. The van der Waals surface area contributed by atoms with Crippen molar-refractivity contribution in [2.75, 3.05) is 0 Å². The van der Waals surface area contributed by atoms with Crippen molar-refractivity contribution in [3.05, 3.63) is 0 Å². The van der Waals surface area contributed by atoms with Crippen LogP contribution in [-0.4, -0.2) is 23.6 Å². The Morgan fingerprint density at radius 3 is 2.00 bits per heavy atom. The van der Waals surface area contributed by atoms with Crippen molar-refractivity contribution in [1.82, 2.24) is 0 Å². The summed E-state index contributed by atoms with van der Waals surface area (Å²) in [5.41, 5.74) is -0.615. The number of fused-ring (bicyclic) bond motifs is 2. The number of esters is 2. The van der Waals surface area contributed by atoms with Gasteiger partial charge in [-0.15, -0.1) is 0 Å². The summed E-state index contributed by atoms with van der Waals surface area (Å²) in [6.45, 7) is 8.18. The maximum Gasteiger partial charge on any atom is 0.311 e. The molecule has 0 aromatic heterocycles. The Bertz CT molecular complexity index is 682. The number of ether oxygens (including phenoxy) is 2. The fraction of sp³-hybridized carbons (Fsp3) is 0.923. The summed E-state index contributed by atoms with van der Waals surface area (Å²) in [6, 6.07) is 0. The molecule has 0 amide bonds. The van der Waals surface area contributed by atoms with Gasteiger partial charge in [-0.3, -0.25) is 9.59 Å². The van der Waals surface area contributed by atoms with Gasteiger partial charge in [0, 0.05) is 0 Å². The van der Waals surface area contributed by atoms with Crippen LogP contribution < -0.4 is 0 Å². The molecule has 0 aliphatic heterocycles. The van der Waals surface area contributed by atoms with Crippen LogP contribution in [0.25, 0.3) is 0 Å². The van der Waals surface area contributed by atoms with Crippen LogP contribution in [0, 0.1) is 46.8 Å². The lowest BCUT2D eigenvalue weighted by molar-refractivity contribution is -0.216. The highest BCUT2D eigenvalue weighted by molar-refractivity contribution is 5.76. The summed E-state index contributed by atoms with van der Waals surface area (Å²) in [7, 11) is 0. The third-order valence-electron chi connectivity index (χ3n) is 10.2. The molecule has 6 aliphatic rings. The predicted octanol–water partition coefficient (Wildman–Crippen LogP) is 5.53. The SMILES string of the molecule is CCC(C)(C)C(=O)OC1CC2CC1CC2C(=O)OC1(CC)C2CC3CC(C2)CC1C3. The molecule has 6 fully saturated rings. The first-order chi connectivity index (χ1) is 14.3. The summed E-state index contributed by atoms with van der Waals surface area (Å²) >= 11 is 0. The molecular formula is C26H40O4. The fourth-order valence-corrected chi connectivity index (χ4v) is 8.16. The number of hydrogen-bond acceptors (Lipinski definition) is 4. The second-order valence-electron chi connectivity index (χ2n) is 12.0. The van der Waals surface area contributed by atoms with Crippen LogP contribution in [0.1, 0.15) is 91.9 Å². The molecule has 4 unspecified atom stereocenters. The van der Waals surface area contributed by atoms with E-state index in [0.717, 1.165) is 43.9 Å². The van der Waals surface area contributed by atoms with Gasteiger partial charge in [-0.05, 0) is 114 Å². The lowest BCUT2D eigenvalue weighted by atomic mass is 9.49. The van der Waals surface area contributed by atoms with Crippen LogP contribution in [0.15, 0.2) is 0 Å². The maximum absolute atomic E-state index is 13.4. The maximum atomic E-state index is 13.4. The molecule has 6 saturated carbocycles. The van der Waals surface area contributed by atoms with E-state index in [-0.39, 0.29) is 29.6 Å². The Morgan fingerprint density at radius 2 is 1.50 bits per heavy atom. The van der Waals surface area contributed by atoms with Crippen LogP contribution in [0.4, 0.5) is 0 Å². The first-order valence-electron chi connectivity index (χ1n) is 12.7. The highest BCUT2D eigenvalue weighted by Crippen LogP contribution is 2.61. The number of carbonyl (C=O) groups is 2. The minimum absolute atomic E-state index is 0.00122. The van der Waals surface area contributed by atoms with Crippen LogP contribution >= 0.6 is 0 Å². The van der Waals surface area contributed by atoms with E-state index in [1.807, 2.05) is 20.8 Å². The van der Waals surface area contributed by atoms with Gasteiger partial charge in [0.25, 0.3) is 0 Å². The quantitative estimate of drug-likeness (QED) is 0.534. The number of rotatable bonds is 6. The van der Waals surface area contributed by atoms with E-state index in [9.17, 15) is 9.59 Å². The van der Waals surface area contributed by atoms with Gasteiger partial charge in [0.2, 0.25) is 0 Å². The van der Waals surface area contributed by atoms with Gasteiger partial charge in [-0.25, -0.2) is 0 Å². The van der Waals surface area contributed by atoms with E-state index < -0.39 is 5.41 Å². The molecular weight excluding hydrogens is 376 g/mol. The second-order valence-corrected chi connectivity index (χ2v) is 12.0. The lowest BCUT2D eigenvalue weighted by Crippen LogP contribution is -2.59. The fourth-order valence-electron chi connectivity index (χ4n) is 8.16. The molecule has 0 heterocycles. The van der Waals surface area contributed by atoms with E-state index >= 15 is 0 Å². The monoisotopic (exact) mass is 416 g/mol. The second kappa shape index (κ2) is 7.24. The van der Waals surface area contributed by atoms with Crippen LogP contribution in [0.3, 0.4) is 0 Å². The van der Waals surface area contributed by atoms with E-state index in [4.69, 9.17) is 9.47 Å². The molecule has 30 heavy (non-hydrogen) atoms. The molecule has 6 aliphatic carbocycles. The minimum atomic E-state index is -0.423. The molecule has 6 bridgehead atoms. The van der Waals surface area contributed by atoms with E-state index in [0.29, 0.717) is 23.7 Å². The number of hydrogen-bond donors (Lipinski definition) is 0. The molecule has 0 radical (unpaired) electrons. The molecule has 0 saturated heterocycles. The molecule has 6 rings (SSSR count). The van der Waals surface area contributed by atoms with Crippen molar-refractivity contribution >= 4 is 11.9 Å². The molecule has 0 N–H and O–H groups in total. The highest BCUT2D eigenvalue weighted by atomic mass is 16.6. The van der Waals surface area contributed by atoms with Crippen molar-refractivity contribution in [2.45, 2.75) is 104 Å². The molecule has 0 aromatic carbocycles. The van der Waals surface area contributed by atoms with Crippen molar-refractivity contribution in [1.29, 1.82) is 0 Å². The third kappa shape index (κ3) is 3.14. The standard InChI is InChI=1S/C26H40O4/c1-5-25(3,4)24(28)29-22-14-17-12-18(22)13-21(17)23(27)30-26(6-2)19-8-15-7-16(10-19)11-20(26)9-15/h15-22H,5-14H2,1-4H3. The zero-order chi connectivity index (χ0) is 21.3. The van der Waals surface area contributed by atoms with E-state index in [2.05, 4.69) is 6.92 Å². The van der Waals surface area contributed by atoms with E-state index in [1.54, 1.807) is 0 Å². The highest BCUT2D eigenvalue weighted by Gasteiger charge is 2.60. The van der Waals surface area contributed by atoms with Gasteiger partial charge >= 0.3 is 11.9 Å². The summed E-state index contributed by atoms with van der Waals surface area (Å²) < 4.78 is 12.4. The molecule has 168 valence electrons. The topological polar surface area (TPSA) is 52.6 Å². The predicted molar refractivity (Wildman–Crippen MR) is 114 cm³/mol. The zero-order valence-electron chi connectivity index (χ0n) is 19.3. The Kier molecular flexibility index (Phi) is 5.02. The summed E-state index contributed by atoms with van der Waals surface area (Å²) in [6.07, 6.45) is 11.0. The van der Waals surface area contributed by atoms with Gasteiger partial charge in [-0.2, -0.15) is 0 Å². The van der Waals surface area contributed by atoms with Gasteiger partial charge in [0.15, 0.2) is 0 Å². The van der Waals surface area contributed by atoms with Crippen LogP contribution in [0.2, 0.25) is 0 Å². The first-order valence-corrected chi connectivity index (χ1v) is 12.7. The van der Waals surface area contributed by atoms with Gasteiger partial charge in [0.05, 0.1) is 11.3 Å². The normalized spacial score (nSPS) is 46.3. The summed E-state index contributed by atoms with van der Waals surface area (Å²) in [5.74, 6) is 3.61. The van der Waals surface area contributed by atoms with Gasteiger partial charge in [-0.1, -0.05) is 13.8 Å². The van der Waals surface area contributed by atoms with Crippen molar-refractivity contribution in [3.8, 4) is 0 Å². The smallest absolute Gasteiger partial charge is 0.311 e. The molecule has 4 heteroatoms. The molecule has 4 atom stereocenters. The minimum Gasteiger partial charge on any atom is -0.462 e. The van der Waals surface area contributed by atoms with Crippen LogP contribution in [-0.2, 0) is 19.1 Å².